The van der Waals surface area contributed by atoms with Crippen molar-refractivity contribution >= 4 is 17.5 Å². The van der Waals surface area contributed by atoms with Crippen molar-refractivity contribution in [1.29, 1.82) is 0 Å². The van der Waals surface area contributed by atoms with Crippen molar-refractivity contribution in [2.75, 3.05) is 13.1 Å². The van der Waals surface area contributed by atoms with Gasteiger partial charge in [0.2, 0.25) is 17.6 Å². The number of benzene rings is 1. The van der Waals surface area contributed by atoms with E-state index in [1.165, 1.54) is 12.8 Å². The fraction of sp³-hybridized carbons (Fsp3) is 0.500. The molecule has 1 amide bonds. The normalized spacial score (nSPS) is 22.8. The Kier molecular flexibility index (Phi) is 4.72. The first-order valence-corrected chi connectivity index (χ1v) is 9.17. The summed E-state index contributed by atoms with van der Waals surface area (Å²) in [5, 5.41) is 8.25. The lowest BCUT2D eigenvalue weighted by Gasteiger charge is -2.24. The first-order valence-electron chi connectivity index (χ1n) is 8.80. The molecule has 2 atom stereocenters. The van der Waals surface area contributed by atoms with Crippen molar-refractivity contribution in [3.05, 3.63) is 35.2 Å². The highest BCUT2D eigenvalue weighted by Crippen LogP contribution is 2.22. The van der Waals surface area contributed by atoms with E-state index in [1.54, 1.807) is 12.1 Å². The van der Waals surface area contributed by atoms with Gasteiger partial charge in [0.15, 0.2) is 0 Å². The summed E-state index contributed by atoms with van der Waals surface area (Å²) < 4.78 is 5.28. The molecule has 2 unspecified atom stereocenters. The fourth-order valence-corrected chi connectivity index (χ4v) is 3.74. The average Bonchev–Trinajstić information content (AvgIpc) is 3.20. The molecule has 2 bridgehead atoms. The van der Waals surface area contributed by atoms with Gasteiger partial charge in [0, 0.05) is 48.6 Å². The van der Waals surface area contributed by atoms with Crippen molar-refractivity contribution in [3.8, 4) is 11.4 Å². The van der Waals surface area contributed by atoms with Crippen molar-refractivity contribution in [1.82, 2.24) is 20.4 Å². The molecule has 6 nitrogen and oxygen atoms in total. The zero-order chi connectivity index (χ0) is 17.2. The Morgan fingerprint density at radius 3 is 2.88 bits per heavy atom. The number of hydrogen-bond acceptors (Lipinski definition) is 5. The summed E-state index contributed by atoms with van der Waals surface area (Å²) in [5.41, 5.74) is 0.848. The molecule has 3 heterocycles. The summed E-state index contributed by atoms with van der Waals surface area (Å²) in [6, 6.07) is 8.31. The molecule has 1 N–H and O–H groups in total. The van der Waals surface area contributed by atoms with Crippen LogP contribution >= 0.6 is 11.6 Å². The van der Waals surface area contributed by atoms with E-state index in [1.807, 2.05) is 17.0 Å². The molecule has 2 saturated heterocycles. The number of nitrogens with zero attached hydrogens (tertiary/aromatic N) is 3. The summed E-state index contributed by atoms with van der Waals surface area (Å²) in [6.45, 7) is 1.65. The number of rotatable bonds is 4. The molecule has 1 aromatic carbocycles. The Bertz CT molecular complexity index is 746. The number of hydrogen-bond donors (Lipinski definition) is 1. The van der Waals surface area contributed by atoms with Gasteiger partial charge in [-0.15, -0.1) is 0 Å². The number of aryl methyl sites for hydroxylation is 1. The van der Waals surface area contributed by atoms with Gasteiger partial charge in [0.05, 0.1) is 0 Å². The zero-order valence-corrected chi connectivity index (χ0v) is 14.7. The fourth-order valence-electron chi connectivity index (χ4n) is 3.61. The first kappa shape index (κ1) is 16.5. The largest absolute Gasteiger partial charge is 0.341 e. The molecular formula is C18H21ClN4O2. The van der Waals surface area contributed by atoms with Gasteiger partial charge >= 0.3 is 0 Å². The quantitative estimate of drug-likeness (QED) is 0.907. The highest BCUT2D eigenvalue weighted by molar-refractivity contribution is 6.30. The first-order chi connectivity index (χ1) is 12.2. The molecule has 2 aliphatic heterocycles. The predicted molar refractivity (Wildman–Crippen MR) is 94.2 cm³/mol. The molecule has 0 spiro atoms. The topological polar surface area (TPSA) is 71.3 Å². The van der Waals surface area contributed by atoms with Crippen LogP contribution in [0, 0.1) is 0 Å². The summed E-state index contributed by atoms with van der Waals surface area (Å²) in [6.07, 6.45) is 4.32. The number of carbonyl (C=O) groups is 1. The third kappa shape index (κ3) is 3.85. The molecule has 7 heteroatoms. The summed E-state index contributed by atoms with van der Waals surface area (Å²) in [4.78, 5) is 18.9. The smallest absolute Gasteiger partial charge is 0.227 e. The molecule has 132 valence electrons. The number of halogens is 1. The second-order valence-corrected chi connectivity index (χ2v) is 7.22. The van der Waals surface area contributed by atoms with Crippen LogP contribution in [0.15, 0.2) is 28.8 Å². The summed E-state index contributed by atoms with van der Waals surface area (Å²) >= 11 is 5.89. The van der Waals surface area contributed by atoms with Gasteiger partial charge in [-0.2, -0.15) is 4.98 Å². The maximum absolute atomic E-state index is 12.5. The van der Waals surface area contributed by atoms with Crippen LogP contribution in [-0.2, 0) is 11.2 Å². The van der Waals surface area contributed by atoms with Crippen LogP contribution in [0.25, 0.3) is 11.4 Å². The van der Waals surface area contributed by atoms with Crippen LogP contribution in [0.5, 0.6) is 0 Å². The Hall–Kier alpha value is -1.92. The SMILES string of the molecule is O=C(CCc1nc(-c2ccc(Cl)cc2)no1)N1CCC2CCC(C1)N2. The van der Waals surface area contributed by atoms with E-state index in [2.05, 4.69) is 15.5 Å². The van der Waals surface area contributed by atoms with Crippen molar-refractivity contribution in [2.24, 2.45) is 0 Å². The molecule has 25 heavy (non-hydrogen) atoms. The molecule has 2 aromatic rings. The van der Waals surface area contributed by atoms with Crippen LogP contribution in [0.1, 0.15) is 31.6 Å². The number of amides is 1. The second-order valence-electron chi connectivity index (χ2n) is 6.78. The molecule has 0 aliphatic carbocycles. The van der Waals surface area contributed by atoms with Crippen LogP contribution in [0.3, 0.4) is 0 Å². The number of fused-ring (bicyclic) bond motifs is 2. The second kappa shape index (κ2) is 7.14. The monoisotopic (exact) mass is 360 g/mol. The third-order valence-electron chi connectivity index (χ3n) is 5.00. The van der Waals surface area contributed by atoms with E-state index >= 15 is 0 Å². The molecule has 2 aliphatic rings. The Morgan fingerprint density at radius 2 is 2.04 bits per heavy atom. The van der Waals surface area contributed by atoms with E-state index in [-0.39, 0.29) is 5.91 Å². The molecule has 4 rings (SSSR count). The Balaban J connectivity index is 1.33. The van der Waals surface area contributed by atoms with E-state index in [9.17, 15) is 4.79 Å². The number of nitrogens with one attached hydrogen (secondary N) is 1. The van der Waals surface area contributed by atoms with Crippen LogP contribution < -0.4 is 5.32 Å². The lowest BCUT2D eigenvalue weighted by molar-refractivity contribution is -0.131. The number of likely N-dealkylation sites (tertiary alicyclic amines) is 1. The van der Waals surface area contributed by atoms with Gasteiger partial charge in [0.25, 0.3) is 0 Å². The van der Waals surface area contributed by atoms with Crippen molar-refractivity contribution < 1.29 is 9.32 Å². The zero-order valence-electron chi connectivity index (χ0n) is 13.9. The van der Waals surface area contributed by atoms with E-state index in [0.717, 1.165) is 25.1 Å². The van der Waals surface area contributed by atoms with Gasteiger partial charge in [-0.25, -0.2) is 0 Å². The van der Waals surface area contributed by atoms with Gasteiger partial charge in [-0.3, -0.25) is 4.79 Å². The predicted octanol–water partition coefficient (Wildman–Crippen LogP) is 2.68. The highest BCUT2D eigenvalue weighted by Gasteiger charge is 2.31. The van der Waals surface area contributed by atoms with Crippen LogP contribution in [0.2, 0.25) is 5.02 Å². The van der Waals surface area contributed by atoms with Gasteiger partial charge in [-0.05, 0) is 43.5 Å². The maximum Gasteiger partial charge on any atom is 0.227 e. The van der Waals surface area contributed by atoms with Crippen LogP contribution in [0.4, 0.5) is 0 Å². The highest BCUT2D eigenvalue weighted by atomic mass is 35.5. The molecule has 2 fully saturated rings. The van der Waals surface area contributed by atoms with Gasteiger partial charge in [0.1, 0.15) is 0 Å². The van der Waals surface area contributed by atoms with Crippen molar-refractivity contribution in [2.45, 2.75) is 44.2 Å². The molecule has 0 radical (unpaired) electrons. The minimum Gasteiger partial charge on any atom is -0.341 e. The minimum absolute atomic E-state index is 0.167. The minimum atomic E-state index is 0.167. The summed E-state index contributed by atoms with van der Waals surface area (Å²) in [7, 11) is 0. The van der Waals surface area contributed by atoms with E-state index in [0.29, 0.717) is 41.7 Å². The molecule has 0 saturated carbocycles. The van der Waals surface area contributed by atoms with Crippen molar-refractivity contribution in [3.63, 3.8) is 0 Å². The standard InChI is InChI=1S/C18H21ClN4O2/c19-13-3-1-12(2-4-13)18-21-16(25-22-18)7-8-17(24)23-10-9-14-5-6-15(11-23)20-14/h1-4,14-15,20H,5-11H2. The van der Waals surface area contributed by atoms with Gasteiger partial charge in [-0.1, -0.05) is 16.8 Å². The third-order valence-corrected chi connectivity index (χ3v) is 5.25. The summed E-state index contributed by atoms with van der Waals surface area (Å²) in [5.74, 6) is 1.18. The maximum atomic E-state index is 12.5. The Morgan fingerprint density at radius 1 is 1.24 bits per heavy atom. The average molecular weight is 361 g/mol. The van der Waals surface area contributed by atoms with E-state index in [4.69, 9.17) is 16.1 Å². The van der Waals surface area contributed by atoms with Gasteiger partial charge < -0.3 is 14.7 Å². The molecule has 1 aromatic heterocycles. The number of aromatic nitrogens is 2. The van der Waals surface area contributed by atoms with E-state index < -0.39 is 0 Å². The lowest BCUT2D eigenvalue weighted by atomic mass is 10.1. The lowest BCUT2D eigenvalue weighted by Crippen LogP contribution is -2.39. The van der Waals surface area contributed by atoms with Crippen LogP contribution in [-0.4, -0.2) is 46.1 Å². The Labute approximate surface area is 151 Å². The number of carbonyl (C=O) groups excluding carboxylic acids is 1. The molecular weight excluding hydrogens is 340 g/mol.